The van der Waals surface area contributed by atoms with E-state index in [0.717, 1.165) is 57.9 Å². The highest BCUT2D eigenvalue weighted by molar-refractivity contribution is 5.75. The molecule has 5 fully saturated rings. The number of benzene rings is 1. The molecular weight excluding hydrogens is 404 g/mol. The fourth-order valence-electron chi connectivity index (χ4n) is 7.43. The summed E-state index contributed by atoms with van der Waals surface area (Å²) in [6.45, 7) is 8.14. The molecule has 2 aliphatic carbocycles. The number of hydrogen-bond donors (Lipinski definition) is 0. The van der Waals surface area contributed by atoms with Gasteiger partial charge in [0.2, 0.25) is 0 Å². The summed E-state index contributed by atoms with van der Waals surface area (Å²) in [5, 5.41) is 0. The van der Waals surface area contributed by atoms with Crippen molar-refractivity contribution in [1.29, 1.82) is 0 Å². The molecule has 6 heteroatoms. The van der Waals surface area contributed by atoms with Crippen LogP contribution in [0.1, 0.15) is 39.0 Å². The second-order valence-electron chi connectivity index (χ2n) is 11.1. The maximum atomic E-state index is 12.9. The Balaban J connectivity index is 1.10. The van der Waals surface area contributed by atoms with E-state index in [-0.39, 0.29) is 29.0 Å². The van der Waals surface area contributed by atoms with Gasteiger partial charge >= 0.3 is 5.97 Å². The Morgan fingerprint density at radius 2 is 1.88 bits per heavy atom. The zero-order valence-corrected chi connectivity index (χ0v) is 19.4. The van der Waals surface area contributed by atoms with Gasteiger partial charge in [0.05, 0.1) is 25.2 Å². The molecule has 174 valence electrons. The van der Waals surface area contributed by atoms with Crippen LogP contribution >= 0.6 is 0 Å². The summed E-state index contributed by atoms with van der Waals surface area (Å²) in [7, 11) is 1.70. The predicted octanol–water partition coefficient (Wildman–Crippen LogP) is 3.34. The molecule has 6 nitrogen and oxygen atoms in total. The number of carbonyl (C=O) groups is 1. The Morgan fingerprint density at radius 3 is 2.56 bits per heavy atom. The van der Waals surface area contributed by atoms with Gasteiger partial charge in [0, 0.05) is 44.3 Å². The first-order valence-corrected chi connectivity index (χ1v) is 12.5. The molecule has 0 radical (unpaired) electrons. The van der Waals surface area contributed by atoms with Gasteiger partial charge in [-0.2, -0.15) is 0 Å². The van der Waals surface area contributed by atoms with Crippen molar-refractivity contribution in [3.05, 3.63) is 24.3 Å². The molecule has 3 heterocycles. The fourth-order valence-corrected chi connectivity index (χ4v) is 7.43. The van der Waals surface area contributed by atoms with E-state index in [4.69, 9.17) is 14.2 Å². The van der Waals surface area contributed by atoms with Gasteiger partial charge in [-0.15, -0.1) is 0 Å². The molecule has 5 aliphatic rings. The number of carbonyl (C=O) groups excluding carboxylic acids is 1. The van der Waals surface area contributed by atoms with E-state index in [1.54, 1.807) is 7.11 Å². The first kappa shape index (κ1) is 20.8. The highest BCUT2D eigenvalue weighted by Gasteiger charge is 2.65. The number of methoxy groups -OCH3 is 1. The number of epoxide rings is 1. The van der Waals surface area contributed by atoms with Crippen molar-refractivity contribution in [2.24, 2.45) is 23.2 Å². The van der Waals surface area contributed by atoms with Crippen LogP contribution < -0.4 is 9.64 Å². The number of hydrogen-bond acceptors (Lipinski definition) is 6. The van der Waals surface area contributed by atoms with Crippen molar-refractivity contribution >= 4 is 11.7 Å². The molecule has 32 heavy (non-hydrogen) atoms. The van der Waals surface area contributed by atoms with Crippen LogP contribution in [0.15, 0.2) is 24.3 Å². The Hall–Kier alpha value is -1.79. The third-order valence-electron chi connectivity index (χ3n) is 9.34. The van der Waals surface area contributed by atoms with Gasteiger partial charge in [-0.25, -0.2) is 0 Å². The Bertz CT molecular complexity index is 861. The van der Waals surface area contributed by atoms with Crippen LogP contribution in [0.2, 0.25) is 0 Å². The zero-order chi connectivity index (χ0) is 21.9. The van der Waals surface area contributed by atoms with Crippen LogP contribution in [0.3, 0.4) is 0 Å². The SMILES string of the molecule is COc1ccc(N2CCN(C[C@@H]3C(=O)O[C@@H]4C[C@@]5(C)CCC[C@@]6(CO6)[C@@H]5C[C@H]34)CC2)cc1. The van der Waals surface area contributed by atoms with Crippen LogP contribution in [0, 0.1) is 23.2 Å². The first-order valence-electron chi connectivity index (χ1n) is 12.5. The van der Waals surface area contributed by atoms with Crippen molar-refractivity contribution in [2.45, 2.75) is 50.7 Å². The molecule has 1 aromatic carbocycles. The van der Waals surface area contributed by atoms with Crippen molar-refractivity contribution in [1.82, 2.24) is 4.90 Å². The zero-order valence-electron chi connectivity index (χ0n) is 19.4. The molecule has 0 N–H and O–H groups in total. The lowest BCUT2D eigenvalue weighted by atomic mass is 9.53. The number of piperazine rings is 1. The van der Waals surface area contributed by atoms with E-state index in [9.17, 15) is 4.79 Å². The molecular formula is C26H36N2O4. The summed E-state index contributed by atoms with van der Waals surface area (Å²) >= 11 is 0. The van der Waals surface area contributed by atoms with Crippen molar-refractivity contribution in [2.75, 3.05) is 51.3 Å². The van der Waals surface area contributed by atoms with Crippen LogP contribution in [-0.2, 0) is 14.3 Å². The molecule has 3 aliphatic heterocycles. The van der Waals surface area contributed by atoms with E-state index >= 15 is 0 Å². The van der Waals surface area contributed by atoms with E-state index in [2.05, 4.69) is 28.9 Å². The summed E-state index contributed by atoms with van der Waals surface area (Å²) in [5.74, 6) is 1.91. The molecule has 1 aromatic rings. The Kier molecular flexibility index (Phi) is 4.95. The molecule has 6 atom stereocenters. The first-order chi connectivity index (χ1) is 15.5. The van der Waals surface area contributed by atoms with Gasteiger partial charge in [0.1, 0.15) is 11.9 Å². The highest BCUT2D eigenvalue weighted by Crippen LogP contribution is 2.62. The number of nitrogens with zero attached hydrogens (tertiary/aromatic N) is 2. The molecule has 3 saturated heterocycles. The average Bonchev–Trinajstić information content (AvgIpc) is 3.51. The molecule has 1 spiro atoms. The minimum absolute atomic E-state index is 0.0230. The Labute approximate surface area is 191 Å². The number of esters is 1. The fraction of sp³-hybridized carbons (Fsp3) is 0.731. The number of rotatable bonds is 4. The largest absolute Gasteiger partial charge is 0.497 e. The second kappa shape index (κ2) is 7.63. The maximum Gasteiger partial charge on any atom is 0.310 e. The smallest absolute Gasteiger partial charge is 0.310 e. The second-order valence-corrected chi connectivity index (χ2v) is 11.1. The van der Waals surface area contributed by atoms with E-state index in [0.29, 0.717) is 11.8 Å². The third kappa shape index (κ3) is 3.41. The van der Waals surface area contributed by atoms with Gasteiger partial charge in [-0.05, 0) is 67.7 Å². The normalized spacial score (nSPS) is 41.2. The van der Waals surface area contributed by atoms with Gasteiger partial charge in [0.15, 0.2) is 0 Å². The number of anilines is 1. The van der Waals surface area contributed by atoms with Crippen molar-refractivity contribution in [3.8, 4) is 5.75 Å². The lowest BCUT2D eigenvalue weighted by molar-refractivity contribution is -0.147. The van der Waals surface area contributed by atoms with Crippen molar-refractivity contribution in [3.63, 3.8) is 0 Å². The standard InChI is InChI=1S/C26H36N2O4/c1-25-8-3-9-26(17-31-26)23(25)14-20-21(24(29)32-22(20)15-25)16-27-10-12-28(13-11-27)18-4-6-19(30-2)7-5-18/h4-7,20-23H,3,8-17H2,1-2H3/t20-,21+,22-,23-,25-,26-/m1/s1. The van der Waals surface area contributed by atoms with Crippen LogP contribution in [0.4, 0.5) is 5.69 Å². The summed E-state index contributed by atoms with van der Waals surface area (Å²) in [5.41, 5.74) is 1.64. The van der Waals surface area contributed by atoms with E-state index < -0.39 is 0 Å². The number of ether oxygens (including phenoxy) is 3. The van der Waals surface area contributed by atoms with Crippen molar-refractivity contribution < 1.29 is 19.0 Å². The Morgan fingerprint density at radius 1 is 1.12 bits per heavy atom. The highest BCUT2D eigenvalue weighted by atomic mass is 16.6. The minimum Gasteiger partial charge on any atom is -0.497 e. The van der Waals surface area contributed by atoms with Crippen LogP contribution in [0.5, 0.6) is 5.75 Å². The predicted molar refractivity (Wildman–Crippen MR) is 122 cm³/mol. The molecule has 0 aromatic heterocycles. The summed E-state index contributed by atoms with van der Waals surface area (Å²) in [6, 6.07) is 8.31. The van der Waals surface area contributed by atoms with Gasteiger partial charge in [-0.1, -0.05) is 6.92 Å². The summed E-state index contributed by atoms with van der Waals surface area (Å²) < 4.78 is 17.3. The van der Waals surface area contributed by atoms with Crippen LogP contribution in [-0.4, -0.2) is 69.0 Å². The quantitative estimate of drug-likeness (QED) is 0.529. The van der Waals surface area contributed by atoms with E-state index in [1.165, 1.54) is 24.9 Å². The maximum absolute atomic E-state index is 12.9. The molecule has 0 bridgehead atoms. The lowest BCUT2D eigenvalue weighted by Gasteiger charge is -2.51. The molecule has 0 amide bonds. The third-order valence-corrected chi connectivity index (χ3v) is 9.34. The molecule has 0 unspecified atom stereocenters. The summed E-state index contributed by atoms with van der Waals surface area (Å²) in [6.07, 6.45) is 5.95. The van der Waals surface area contributed by atoms with Crippen LogP contribution in [0.25, 0.3) is 0 Å². The van der Waals surface area contributed by atoms with Gasteiger partial charge in [0.25, 0.3) is 0 Å². The summed E-state index contributed by atoms with van der Waals surface area (Å²) in [4.78, 5) is 17.8. The van der Waals surface area contributed by atoms with Gasteiger partial charge < -0.3 is 19.1 Å². The lowest BCUT2D eigenvalue weighted by Crippen LogP contribution is -2.52. The average molecular weight is 441 g/mol. The van der Waals surface area contributed by atoms with E-state index in [1.807, 2.05) is 12.1 Å². The van der Waals surface area contributed by atoms with Gasteiger partial charge in [-0.3, -0.25) is 9.69 Å². The number of fused-ring (bicyclic) bond motifs is 3. The molecule has 2 saturated carbocycles. The molecule has 6 rings (SSSR count). The minimum atomic E-state index is 0.0230. The monoisotopic (exact) mass is 440 g/mol. The topological polar surface area (TPSA) is 54.5 Å².